The van der Waals surface area contributed by atoms with Gasteiger partial charge in [0.2, 0.25) is 0 Å². The molecule has 1 amide bonds. The monoisotopic (exact) mass is 532 g/mol. The largest absolute Gasteiger partial charge is 0.465 e. The number of carbonyl (C=O) groups is 1. The summed E-state index contributed by atoms with van der Waals surface area (Å²) in [5.41, 5.74) is 3.86. The Morgan fingerprint density at radius 3 is 2.41 bits per heavy atom. The number of aromatic nitrogens is 3. The van der Waals surface area contributed by atoms with Crippen LogP contribution in [0, 0.1) is 22.2 Å². The molecule has 1 saturated heterocycles. The molecule has 9 heteroatoms. The molecule has 4 rings (SSSR count). The lowest BCUT2D eigenvalue weighted by molar-refractivity contribution is -0.0182. The molecule has 2 atom stereocenters. The first-order chi connectivity index (χ1) is 18.1. The van der Waals surface area contributed by atoms with Crippen LogP contribution in [-0.4, -0.2) is 60.3 Å². The smallest absolute Gasteiger partial charge is 0.407 e. The van der Waals surface area contributed by atoms with Crippen LogP contribution in [0.15, 0.2) is 35.1 Å². The molecule has 39 heavy (non-hydrogen) atoms. The second-order valence-corrected chi connectivity index (χ2v) is 13.0. The van der Waals surface area contributed by atoms with Gasteiger partial charge in [0.05, 0.1) is 28.9 Å². The molecule has 208 valence electrons. The van der Waals surface area contributed by atoms with Gasteiger partial charge in [0.15, 0.2) is 5.65 Å². The van der Waals surface area contributed by atoms with Crippen LogP contribution in [0.4, 0.5) is 4.79 Å². The SMILES string of the molecule is C[C@H]1C(C(C)(C)C)N(C(=O)O)CCN1Cc1ccc(C#N)c(-c2ccc3c(n2)n(C)c(=O)n3CC(C)(C)C)c1. The summed E-state index contributed by atoms with van der Waals surface area (Å²) in [6.45, 7) is 16.9. The van der Waals surface area contributed by atoms with Crippen molar-refractivity contribution in [2.45, 2.75) is 73.6 Å². The second-order valence-electron chi connectivity index (χ2n) is 13.0. The van der Waals surface area contributed by atoms with Crippen molar-refractivity contribution in [1.82, 2.24) is 23.9 Å². The van der Waals surface area contributed by atoms with Gasteiger partial charge in [0.25, 0.3) is 0 Å². The Balaban J connectivity index is 1.70. The highest BCUT2D eigenvalue weighted by molar-refractivity contribution is 5.78. The van der Waals surface area contributed by atoms with E-state index in [4.69, 9.17) is 4.98 Å². The molecule has 2 aromatic heterocycles. The lowest BCUT2D eigenvalue weighted by atomic mass is 9.80. The number of rotatable bonds is 4. The summed E-state index contributed by atoms with van der Waals surface area (Å²) in [5.74, 6) is 0. The number of nitriles is 1. The predicted molar refractivity (Wildman–Crippen MR) is 152 cm³/mol. The Labute approximate surface area is 230 Å². The van der Waals surface area contributed by atoms with Crippen LogP contribution in [0.3, 0.4) is 0 Å². The number of pyridine rings is 1. The van der Waals surface area contributed by atoms with Crippen molar-refractivity contribution in [3.8, 4) is 17.3 Å². The zero-order chi connectivity index (χ0) is 28.9. The molecule has 0 bridgehead atoms. The number of piperazine rings is 1. The zero-order valence-electron chi connectivity index (χ0n) is 24.3. The van der Waals surface area contributed by atoms with E-state index in [1.54, 1.807) is 21.1 Å². The zero-order valence-corrected chi connectivity index (χ0v) is 24.3. The number of imidazole rings is 1. The fraction of sp³-hybridized carbons (Fsp3) is 0.533. The van der Waals surface area contributed by atoms with E-state index in [-0.39, 0.29) is 28.6 Å². The third-order valence-electron chi connectivity index (χ3n) is 7.61. The van der Waals surface area contributed by atoms with Gasteiger partial charge in [-0.05, 0) is 47.6 Å². The number of hydrogen-bond donors (Lipinski definition) is 1. The third-order valence-corrected chi connectivity index (χ3v) is 7.61. The molecule has 0 radical (unpaired) electrons. The second kappa shape index (κ2) is 10.2. The average molecular weight is 533 g/mol. The van der Waals surface area contributed by atoms with Crippen molar-refractivity contribution >= 4 is 17.3 Å². The molecular formula is C30H40N6O3. The summed E-state index contributed by atoms with van der Waals surface area (Å²) in [5, 5.41) is 19.7. The maximum atomic E-state index is 13.0. The first kappa shape index (κ1) is 28.4. The molecule has 3 heterocycles. The summed E-state index contributed by atoms with van der Waals surface area (Å²) >= 11 is 0. The number of nitrogens with zero attached hydrogens (tertiary/aromatic N) is 6. The van der Waals surface area contributed by atoms with Gasteiger partial charge in [0, 0.05) is 44.8 Å². The lowest BCUT2D eigenvalue weighted by Gasteiger charge is -2.50. The molecule has 0 spiro atoms. The van der Waals surface area contributed by atoms with E-state index in [0.717, 1.165) is 16.6 Å². The fourth-order valence-corrected chi connectivity index (χ4v) is 5.95. The van der Waals surface area contributed by atoms with Gasteiger partial charge < -0.3 is 10.0 Å². The lowest BCUT2D eigenvalue weighted by Crippen LogP contribution is -2.63. The van der Waals surface area contributed by atoms with E-state index in [2.05, 4.69) is 59.4 Å². The van der Waals surface area contributed by atoms with Crippen molar-refractivity contribution in [1.29, 1.82) is 5.26 Å². The Morgan fingerprint density at radius 2 is 1.82 bits per heavy atom. The van der Waals surface area contributed by atoms with Crippen LogP contribution in [0.1, 0.15) is 59.6 Å². The van der Waals surface area contributed by atoms with Gasteiger partial charge in [-0.3, -0.25) is 14.0 Å². The highest BCUT2D eigenvalue weighted by atomic mass is 16.4. The Kier molecular flexibility index (Phi) is 7.39. The average Bonchev–Trinajstić information content (AvgIpc) is 3.07. The van der Waals surface area contributed by atoms with E-state index >= 15 is 0 Å². The van der Waals surface area contributed by atoms with Crippen molar-refractivity contribution in [2.75, 3.05) is 13.1 Å². The molecule has 0 aliphatic carbocycles. The number of fused-ring (bicyclic) bond motifs is 1. The maximum Gasteiger partial charge on any atom is 0.407 e. The maximum absolute atomic E-state index is 13.0. The first-order valence-corrected chi connectivity index (χ1v) is 13.5. The number of benzene rings is 1. The summed E-state index contributed by atoms with van der Waals surface area (Å²) in [7, 11) is 1.73. The van der Waals surface area contributed by atoms with Crippen molar-refractivity contribution < 1.29 is 9.90 Å². The minimum Gasteiger partial charge on any atom is -0.465 e. The van der Waals surface area contributed by atoms with Crippen LogP contribution in [-0.2, 0) is 20.1 Å². The molecule has 3 aromatic rings. The van der Waals surface area contributed by atoms with Crippen LogP contribution in [0.5, 0.6) is 0 Å². The first-order valence-electron chi connectivity index (χ1n) is 13.5. The standard InChI is InChI=1S/C30H40N6O3/c1-19-25(30(5,6)7)35(28(38)39)14-13-34(19)17-20-9-10-21(16-31)22(15-20)23-11-12-24-26(32-23)33(8)27(37)36(24)18-29(2,3)4/h9-12,15,19,25H,13-14,17-18H2,1-8H3,(H,38,39)/t19-,25?/m0/s1. The van der Waals surface area contributed by atoms with Gasteiger partial charge >= 0.3 is 11.8 Å². The molecular weight excluding hydrogens is 492 g/mol. The fourth-order valence-electron chi connectivity index (χ4n) is 5.95. The van der Waals surface area contributed by atoms with Crippen LogP contribution < -0.4 is 5.69 Å². The molecule has 1 aliphatic rings. The Bertz CT molecular complexity index is 1500. The minimum absolute atomic E-state index is 0.0144. The van der Waals surface area contributed by atoms with E-state index in [0.29, 0.717) is 43.1 Å². The van der Waals surface area contributed by atoms with Crippen LogP contribution in [0.25, 0.3) is 22.4 Å². The molecule has 9 nitrogen and oxygen atoms in total. The van der Waals surface area contributed by atoms with E-state index < -0.39 is 6.09 Å². The summed E-state index contributed by atoms with van der Waals surface area (Å²) in [6.07, 6.45) is -0.880. The van der Waals surface area contributed by atoms with E-state index in [9.17, 15) is 20.0 Å². The minimum atomic E-state index is -0.880. The molecule has 1 unspecified atom stereocenters. The summed E-state index contributed by atoms with van der Waals surface area (Å²) < 4.78 is 3.33. The normalized spacial score (nSPS) is 18.9. The molecule has 1 fully saturated rings. The van der Waals surface area contributed by atoms with Crippen molar-refractivity contribution in [2.24, 2.45) is 17.9 Å². The van der Waals surface area contributed by atoms with Crippen LogP contribution in [0.2, 0.25) is 0 Å². The van der Waals surface area contributed by atoms with Gasteiger partial charge in [-0.2, -0.15) is 5.26 Å². The van der Waals surface area contributed by atoms with E-state index in [1.165, 1.54) is 0 Å². The van der Waals surface area contributed by atoms with Crippen molar-refractivity contribution in [3.63, 3.8) is 0 Å². The van der Waals surface area contributed by atoms with Gasteiger partial charge in [-0.1, -0.05) is 47.6 Å². The molecule has 1 N–H and O–H groups in total. The number of aryl methyl sites for hydroxylation is 1. The molecule has 1 aliphatic heterocycles. The highest BCUT2D eigenvalue weighted by Crippen LogP contribution is 2.33. The highest BCUT2D eigenvalue weighted by Gasteiger charge is 2.42. The molecule has 0 saturated carbocycles. The topological polar surface area (TPSA) is 107 Å². The Morgan fingerprint density at radius 1 is 1.13 bits per heavy atom. The van der Waals surface area contributed by atoms with Gasteiger partial charge in [-0.15, -0.1) is 0 Å². The quantitative estimate of drug-likeness (QED) is 0.511. The Hall–Kier alpha value is -3.64. The summed E-state index contributed by atoms with van der Waals surface area (Å²) in [4.78, 5) is 33.7. The number of amides is 1. The number of hydrogen-bond acceptors (Lipinski definition) is 5. The summed E-state index contributed by atoms with van der Waals surface area (Å²) in [6, 6.07) is 11.7. The number of carboxylic acid groups (broad SMARTS) is 1. The van der Waals surface area contributed by atoms with Gasteiger partial charge in [-0.25, -0.2) is 14.6 Å². The van der Waals surface area contributed by atoms with Crippen LogP contribution >= 0.6 is 0 Å². The third kappa shape index (κ3) is 5.57. The van der Waals surface area contributed by atoms with E-state index in [1.807, 2.05) is 30.3 Å². The molecule has 1 aromatic carbocycles. The van der Waals surface area contributed by atoms with Gasteiger partial charge in [0.1, 0.15) is 0 Å². The van der Waals surface area contributed by atoms with Crippen molar-refractivity contribution in [3.05, 3.63) is 51.9 Å². The predicted octanol–water partition coefficient (Wildman–Crippen LogP) is 4.92.